The molecular weight excluding hydrogens is 349 g/mol. The molecule has 5 nitrogen and oxygen atoms in total. The Bertz CT molecular complexity index is 749. The zero-order valence-electron chi connectivity index (χ0n) is 13.6. The van der Waals surface area contributed by atoms with Gasteiger partial charge in [-0.25, -0.2) is 9.18 Å². The fraction of sp³-hybridized carbons (Fsp3) is 0.222. The summed E-state index contributed by atoms with van der Waals surface area (Å²) in [5.74, 6) is -0.982. The first-order valence-electron chi connectivity index (χ1n) is 7.50. The van der Waals surface area contributed by atoms with Gasteiger partial charge in [0.1, 0.15) is 11.6 Å². The van der Waals surface area contributed by atoms with Crippen molar-refractivity contribution < 1.29 is 23.5 Å². The van der Waals surface area contributed by atoms with E-state index in [4.69, 9.17) is 21.1 Å². The third kappa shape index (κ3) is 6.43. The van der Waals surface area contributed by atoms with E-state index in [2.05, 4.69) is 5.32 Å². The molecule has 0 aromatic heterocycles. The first kappa shape index (κ1) is 18.7. The minimum Gasteiger partial charge on any atom is -0.482 e. The normalized spacial score (nSPS) is 10.2. The lowest BCUT2D eigenvalue weighted by molar-refractivity contribution is -0.150. The molecule has 1 amide bonds. The zero-order valence-corrected chi connectivity index (χ0v) is 14.3. The van der Waals surface area contributed by atoms with Crippen molar-refractivity contribution in [3.63, 3.8) is 0 Å². The number of hydrogen-bond donors (Lipinski definition) is 1. The van der Waals surface area contributed by atoms with Gasteiger partial charge in [0.15, 0.2) is 13.2 Å². The van der Waals surface area contributed by atoms with Crippen molar-refractivity contribution in [1.82, 2.24) is 5.32 Å². The molecule has 0 aliphatic rings. The standard InChI is InChI=1S/C18H17ClFNO4/c1-12-8-15(6-7-16(12)19)24-11-18(23)25-10-17(22)21-9-13-2-4-14(20)5-3-13/h2-8H,9-11H2,1H3,(H,21,22). The Morgan fingerprint density at radius 3 is 2.52 bits per heavy atom. The van der Waals surface area contributed by atoms with Crippen molar-refractivity contribution in [2.24, 2.45) is 0 Å². The number of carbonyl (C=O) groups is 2. The number of aryl methyl sites for hydroxylation is 1. The van der Waals surface area contributed by atoms with Gasteiger partial charge in [-0.15, -0.1) is 0 Å². The first-order valence-corrected chi connectivity index (χ1v) is 7.87. The smallest absolute Gasteiger partial charge is 0.344 e. The van der Waals surface area contributed by atoms with Crippen molar-refractivity contribution in [3.8, 4) is 5.75 Å². The summed E-state index contributed by atoms with van der Waals surface area (Å²) in [7, 11) is 0. The number of amides is 1. The van der Waals surface area contributed by atoms with E-state index < -0.39 is 18.5 Å². The van der Waals surface area contributed by atoms with Crippen LogP contribution in [0.15, 0.2) is 42.5 Å². The van der Waals surface area contributed by atoms with Crippen LogP contribution in [0.25, 0.3) is 0 Å². The Kier molecular flexibility index (Phi) is 6.77. The molecule has 0 heterocycles. The number of carbonyl (C=O) groups excluding carboxylic acids is 2. The Hall–Kier alpha value is -2.60. The molecule has 7 heteroatoms. The fourth-order valence-electron chi connectivity index (χ4n) is 1.89. The number of esters is 1. The van der Waals surface area contributed by atoms with Crippen LogP contribution in [0.2, 0.25) is 5.02 Å². The summed E-state index contributed by atoms with van der Waals surface area (Å²) in [6, 6.07) is 10.7. The molecule has 0 radical (unpaired) electrons. The lowest BCUT2D eigenvalue weighted by atomic mass is 10.2. The molecule has 2 aromatic rings. The topological polar surface area (TPSA) is 64.6 Å². The van der Waals surface area contributed by atoms with Crippen LogP contribution >= 0.6 is 11.6 Å². The predicted molar refractivity (Wildman–Crippen MR) is 90.9 cm³/mol. The van der Waals surface area contributed by atoms with Gasteiger partial charge >= 0.3 is 5.97 Å². The second kappa shape index (κ2) is 9.03. The Morgan fingerprint density at radius 1 is 1.12 bits per heavy atom. The number of rotatable bonds is 7. The van der Waals surface area contributed by atoms with Gasteiger partial charge < -0.3 is 14.8 Å². The van der Waals surface area contributed by atoms with Crippen LogP contribution in [0.3, 0.4) is 0 Å². The number of halogens is 2. The van der Waals surface area contributed by atoms with Crippen LogP contribution in [0.4, 0.5) is 4.39 Å². The molecule has 2 aromatic carbocycles. The van der Waals surface area contributed by atoms with Gasteiger partial charge in [-0.1, -0.05) is 23.7 Å². The maximum Gasteiger partial charge on any atom is 0.344 e. The molecule has 0 spiro atoms. The van der Waals surface area contributed by atoms with Crippen molar-refractivity contribution in [2.45, 2.75) is 13.5 Å². The summed E-state index contributed by atoms with van der Waals surface area (Å²) in [5.41, 5.74) is 1.57. The summed E-state index contributed by atoms with van der Waals surface area (Å²) in [5, 5.41) is 3.17. The molecule has 0 atom stereocenters. The van der Waals surface area contributed by atoms with Crippen LogP contribution < -0.4 is 10.1 Å². The van der Waals surface area contributed by atoms with Crippen molar-refractivity contribution in [3.05, 3.63) is 64.4 Å². The lowest BCUT2D eigenvalue weighted by Gasteiger charge is -2.09. The van der Waals surface area contributed by atoms with Crippen molar-refractivity contribution >= 4 is 23.5 Å². The SMILES string of the molecule is Cc1cc(OCC(=O)OCC(=O)NCc2ccc(F)cc2)ccc1Cl. The van der Waals surface area contributed by atoms with Crippen LogP contribution in [0.1, 0.15) is 11.1 Å². The van der Waals surface area contributed by atoms with Gasteiger partial charge in [-0.05, 0) is 48.4 Å². The summed E-state index contributed by atoms with van der Waals surface area (Å²) in [6.07, 6.45) is 0. The molecule has 0 aliphatic heterocycles. The van der Waals surface area contributed by atoms with Gasteiger partial charge in [0.2, 0.25) is 0 Å². The molecular formula is C18H17ClFNO4. The van der Waals surface area contributed by atoms with E-state index in [0.29, 0.717) is 10.8 Å². The quantitative estimate of drug-likeness (QED) is 0.766. The Balaban J connectivity index is 1.67. The molecule has 25 heavy (non-hydrogen) atoms. The highest BCUT2D eigenvalue weighted by atomic mass is 35.5. The monoisotopic (exact) mass is 365 g/mol. The fourth-order valence-corrected chi connectivity index (χ4v) is 2.01. The molecule has 0 saturated carbocycles. The predicted octanol–water partition coefficient (Wildman–Crippen LogP) is 3.03. The third-order valence-corrected chi connectivity index (χ3v) is 3.68. The Labute approximate surface area is 149 Å². The average molecular weight is 366 g/mol. The highest BCUT2D eigenvalue weighted by molar-refractivity contribution is 6.31. The zero-order chi connectivity index (χ0) is 18.2. The van der Waals surface area contributed by atoms with Crippen LogP contribution in [-0.2, 0) is 20.9 Å². The molecule has 0 aliphatic carbocycles. The van der Waals surface area contributed by atoms with E-state index in [9.17, 15) is 14.0 Å². The molecule has 1 N–H and O–H groups in total. The number of ether oxygens (including phenoxy) is 2. The Morgan fingerprint density at radius 2 is 1.84 bits per heavy atom. The van der Waals surface area contributed by atoms with Crippen molar-refractivity contribution in [2.75, 3.05) is 13.2 Å². The van der Waals surface area contributed by atoms with Crippen molar-refractivity contribution in [1.29, 1.82) is 0 Å². The number of hydrogen-bond acceptors (Lipinski definition) is 4. The molecule has 0 unspecified atom stereocenters. The summed E-state index contributed by atoms with van der Waals surface area (Å²) < 4.78 is 22.9. The highest BCUT2D eigenvalue weighted by Gasteiger charge is 2.09. The molecule has 2 rings (SSSR count). The van der Waals surface area contributed by atoms with E-state index in [1.54, 1.807) is 30.3 Å². The second-order valence-electron chi connectivity index (χ2n) is 5.26. The third-order valence-electron chi connectivity index (χ3n) is 3.25. The summed E-state index contributed by atoms with van der Waals surface area (Å²) in [4.78, 5) is 23.2. The van der Waals surface area contributed by atoms with Gasteiger partial charge in [0.05, 0.1) is 0 Å². The molecule has 0 saturated heterocycles. The molecule has 0 bridgehead atoms. The van der Waals surface area contributed by atoms with Crippen LogP contribution in [-0.4, -0.2) is 25.1 Å². The van der Waals surface area contributed by atoms with Gasteiger partial charge in [0, 0.05) is 11.6 Å². The van der Waals surface area contributed by atoms with E-state index in [-0.39, 0.29) is 19.0 Å². The molecule has 0 fully saturated rings. The van der Waals surface area contributed by atoms with Gasteiger partial charge in [-0.2, -0.15) is 0 Å². The van der Waals surface area contributed by atoms with E-state index >= 15 is 0 Å². The minimum atomic E-state index is -0.662. The van der Waals surface area contributed by atoms with E-state index in [1.807, 2.05) is 6.92 Å². The largest absolute Gasteiger partial charge is 0.482 e. The summed E-state index contributed by atoms with van der Waals surface area (Å²) in [6.45, 7) is 1.31. The maximum atomic E-state index is 12.8. The van der Waals surface area contributed by atoms with Gasteiger partial charge in [-0.3, -0.25) is 4.79 Å². The number of nitrogens with one attached hydrogen (secondary N) is 1. The first-order chi connectivity index (χ1) is 11.9. The highest BCUT2D eigenvalue weighted by Crippen LogP contribution is 2.20. The summed E-state index contributed by atoms with van der Waals surface area (Å²) >= 11 is 5.90. The van der Waals surface area contributed by atoms with E-state index in [1.165, 1.54) is 12.1 Å². The minimum absolute atomic E-state index is 0.219. The maximum absolute atomic E-state index is 12.8. The number of benzene rings is 2. The lowest BCUT2D eigenvalue weighted by Crippen LogP contribution is -2.29. The van der Waals surface area contributed by atoms with Crippen LogP contribution in [0, 0.1) is 12.7 Å². The van der Waals surface area contributed by atoms with Gasteiger partial charge in [0.25, 0.3) is 5.91 Å². The average Bonchev–Trinajstić information content (AvgIpc) is 2.60. The molecule has 132 valence electrons. The second-order valence-corrected chi connectivity index (χ2v) is 5.67. The van der Waals surface area contributed by atoms with E-state index in [0.717, 1.165) is 11.1 Å². The van der Waals surface area contributed by atoms with Crippen LogP contribution in [0.5, 0.6) is 5.75 Å².